The van der Waals surface area contributed by atoms with Crippen molar-refractivity contribution in [2.45, 2.75) is 44.8 Å². The molecule has 0 fully saturated rings. The SMILES string of the molecule is CC(C)c1nc(-c2ccnc(Nc3ccccc3)n2)c(-c2ccc(F)cc2)n1C=C[C@@H](O)C[C@@H](O)CC(=O)O. The molecular formula is C29H30FN5O4. The molecule has 0 unspecified atom stereocenters. The Morgan fingerprint density at radius 3 is 2.44 bits per heavy atom. The number of aliphatic hydroxyl groups is 2. The van der Waals surface area contributed by atoms with Crippen LogP contribution in [0, 0.1) is 5.82 Å². The van der Waals surface area contributed by atoms with Gasteiger partial charge in [-0.05, 0) is 48.5 Å². The lowest BCUT2D eigenvalue weighted by Gasteiger charge is -2.13. The molecule has 0 saturated carbocycles. The van der Waals surface area contributed by atoms with E-state index in [-0.39, 0.29) is 18.2 Å². The van der Waals surface area contributed by atoms with Crippen LogP contribution < -0.4 is 5.32 Å². The molecule has 0 saturated heterocycles. The van der Waals surface area contributed by atoms with Gasteiger partial charge in [0.1, 0.15) is 17.3 Å². The fourth-order valence-corrected chi connectivity index (χ4v) is 4.10. The molecule has 2 aromatic heterocycles. The Morgan fingerprint density at radius 1 is 1.05 bits per heavy atom. The van der Waals surface area contributed by atoms with E-state index in [2.05, 4.69) is 15.3 Å². The highest BCUT2D eigenvalue weighted by Gasteiger charge is 2.23. The van der Waals surface area contributed by atoms with Gasteiger partial charge in [0, 0.05) is 36.0 Å². The normalized spacial score (nSPS) is 13.1. The maximum absolute atomic E-state index is 13.8. The van der Waals surface area contributed by atoms with Gasteiger partial charge in [0.2, 0.25) is 5.95 Å². The highest BCUT2D eigenvalue weighted by Crippen LogP contribution is 2.35. The number of imidazole rings is 1. The molecule has 0 aliphatic carbocycles. The maximum atomic E-state index is 13.8. The number of carbonyl (C=O) groups is 1. The second-order valence-corrected chi connectivity index (χ2v) is 9.35. The van der Waals surface area contributed by atoms with E-state index in [0.29, 0.717) is 34.4 Å². The number of carboxylic acids is 1. The summed E-state index contributed by atoms with van der Waals surface area (Å²) in [4.78, 5) is 24.8. The zero-order chi connectivity index (χ0) is 27.9. The fraction of sp³-hybridized carbons (Fsp3) is 0.241. The van der Waals surface area contributed by atoms with Crippen molar-refractivity contribution in [3.05, 3.63) is 84.6 Å². The van der Waals surface area contributed by atoms with Gasteiger partial charge in [-0.3, -0.25) is 4.79 Å². The zero-order valence-electron chi connectivity index (χ0n) is 21.6. The maximum Gasteiger partial charge on any atom is 0.305 e. The number of aromatic nitrogens is 4. The summed E-state index contributed by atoms with van der Waals surface area (Å²) in [6.45, 7) is 3.95. The van der Waals surface area contributed by atoms with Crippen LogP contribution in [0.25, 0.3) is 28.8 Å². The highest BCUT2D eigenvalue weighted by molar-refractivity contribution is 5.79. The number of hydrogen-bond donors (Lipinski definition) is 4. The number of para-hydroxylation sites is 1. The molecule has 2 atom stereocenters. The van der Waals surface area contributed by atoms with Crippen molar-refractivity contribution in [3.8, 4) is 22.6 Å². The first-order valence-electron chi connectivity index (χ1n) is 12.5. The number of rotatable bonds is 11. The Kier molecular flexibility index (Phi) is 8.80. The van der Waals surface area contributed by atoms with E-state index in [9.17, 15) is 19.4 Å². The number of anilines is 2. The monoisotopic (exact) mass is 531 g/mol. The number of halogens is 1. The van der Waals surface area contributed by atoms with Crippen molar-refractivity contribution in [1.29, 1.82) is 0 Å². The van der Waals surface area contributed by atoms with E-state index < -0.39 is 24.6 Å². The van der Waals surface area contributed by atoms with Gasteiger partial charge in [0.25, 0.3) is 0 Å². The summed E-state index contributed by atoms with van der Waals surface area (Å²) >= 11 is 0. The van der Waals surface area contributed by atoms with Gasteiger partial charge in [-0.25, -0.2) is 19.3 Å². The Hall–Kier alpha value is -4.41. The smallest absolute Gasteiger partial charge is 0.305 e. The van der Waals surface area contributed by atoms with Crippen molar-refractivity contribution in [2.24, 2.45) is 0 Å². The van der Waals surface area contributed by atoms with Gasteiger partial charge in [-0.2, -0.15) is 0 Å². The van der Waals surface area contributed by atoms with Crippen molar-refractivity contribution in [1.82, 2.24) is 19.5 Å². The number of nitrogens with zero attached hydrogens (tertiary/aromatic N) is 4. The van der Waals surface area contributed by atoms with Crippen molar-refractivity contribution in [2.75, 3.05) is 5.32 Å². The lowest BCUT2D eigenvalue weighted by molar-refractivity contribution is -0.139. The molecule has 0 aliphatic rings. The topological polar surface area (TPSA) is 133 Å². The number of benzene rings is 2. The van der Waals surface area contributed by atoms with E-state index in [0.717, 1.165) is 5.69 Å². The van der Waals surface area contributed by atoms with Crippen LogP contribution in [-0.4, -0.2) is 53.0 Å². The minimum absolute atomic E-state index is 0.0407. The Bertz CT molecular complexity index is 1440. The molecule has 0 radical (unpaired) electrons. The van der Waals surface area contributed by atoms with Gasteiger partial charge in [0.15, 0.2) is 0 Å². The summed E-state index contributed by atoms with van der Waals surface area (Å²) in [7, 11) is 0. The predicted octanol–water partition coefficient (Wildman–Crippen LogP) is 5.07. The summed E-state index contributed by atoms with van der Waals surface area (Å²) in [5.74, 6) is -0.534. The van der Waals surface area contributed by atoms with Gasteiger partial charge >= 0.3 is 5.97 Å². The fourth-order valence-electron chi connectivity index (χ4n) is 4.10. The highest BCUT2D eigenvalue weighted by atomic mass is 19.1. The first-order chi connectivity index (χ1) is 18.7. The Morgan fingerprint density at radius 2 is 1.77 bits per heavy atom. The van der Waals surface area contributed by atoms with Crippen LogP contribution in [0.3, 0.4) is 0 Å². The summed E-state index contributed by atoms with van der Waals surface area (Å²) in [5.41, 5.74) is 3.19. The van der Waals surface area contributed by atoms with Crippen LogP contribution in [0.1, 0.15) is 38.4 Å². The number of carboxylic acid groups (broad SMARTS) is 1. The second-order valence-electron chi connectivity index (χ2n) is 9.35. The zero-order valence-corrected chi connectivity index (χ0v) is 21.6. The van der Waals surface area contributed by atoms with Crippen molar-refractivity contribution in [3.63, 3.8) is 0 Å². The molecule has 202 valence electrons. The molecule has 4 N–H and O–H groups in total. The molecule has 39 heavy (non-hydrogen) atoms. The molecule has 0 bridgehead atoms. The Balaban J connectivity index is 1.78. The minimum atomic E-state index is -1.20. The minimum Gasteiger partial charge on any atom is -0.481 e. The average Bonchev–Trinajstić information content (AvgIpc) is 3.28. The summed E-state index contributed by atoms with van der Waals surface area (Å²) in [6, 6.07) is 17.2. The molecule has 9 nitrogen and oxygen atoms in total. The van der Waals surface area contributed by atoms with Crippen LogP contribution in [0.15, 0.2) is 72.9 Å². The second kappa shape index (κ2) is 12.4. The van der Waals surface area contributed by atoms with Gasteiger partial charge in [-0.15, -0.1) is 0 Å². The number of aliphatic hydroxyl groups excluding tert-OH is 2. The van der Waals surface area contributed by atoms with Crippen LogP contribution in [-0.2, 0) is 4.79 Å². The van der Waals surface area contributed by atoms with E-state index in [1.54, 1.807) is 35.2 Å². The molecule has 4 rings (SSSR count). The quantitative estimate of drug-likeness (QED) is 0.211. The van der Waals surface area contributed by atoms with Gasteiger partial charge < -0.3 is 25.2 Å². The van der Waals surface area contributed by atoms with E-state index in [1.807, 2.05) is 44.2 Å². The van der Waals surface area contributed by atoms with Crippen LogP contribution in [0.2, 0.25) is 0 Å². The van der Waals surface area contributed by atoms with Crippen molar-refractivity contribution < 1.29 is 24.5 Å². The third-order valence-electron chi connectivity index (χ3n) is 5.88. The molecule has 4 aromatic rings. The average molecular weight is 532 g/mol. The number of hydrogen-bond acceptors (Lipinski definition) is 7. The first-order valence-corrected chi connectivity index (χ1v) is 12.5. The Labute approximate surface area is 225 Å². The summed E-state index contributed by atoms with van der Waals surface area (Å²) in [5, 5.41) is 32.5. The molecule has 2 heterocycles. The van der Waals surface area contributed by atoms with E-state index >= 15 is 0 Å². The van der Waals surface area contributed by atoms with Crippen LogP contribution in [0.5, 0.6) is 0 Å². The third-order valence-corrected chi connectivity index (χ3v) is 5.88. The molecule has 10 heteroatoms. The molecule has 2 aromatic carbocycles. The lowest BCUT2D eigenvalue weighted by Crippen LogP contribution is -2.19. The van der Waals surface area contributed by atoms with Gasteiger partial charge in [0.05, 0.1) is 30.0 Å². The number of nitrogens with one attached hydrogen (secondary N) is 1. The predicted molar refractivity (Wildman–Crippen MR) is 147 cm³/mol. The van der Waals surface area contributed by atoms with Crippen molar-refractivity contribution >= 4 is 23.8 Å². The molecule has 0 amide bonds. The lowest BCUT2D eigenvalue weighted by atomic mass is 10.1. The van der Waals surface area contributed by atoms with Gasteiger partial charge in [-0.1, -0.05) is 32.0 Å². The standard InChI is InChI=1S/C29H30FN5O4/c1-18(2)28-34-26(24-12-14-31-29(33-24)32-21-6-4-3-5-7-21)27(19-8-10-20(30)11-9-19)35(28)15-13-22(36)16-23(37)17-25(38)39/h3-15,18,22-23,36-37H,16-17H2,1-2H3,(H,38,39)(H,31,32,33)/t22-,23-/m1/s1. The molecular weight excluding hydrogens is 501 g/mol. The molecule has 0 aliphatic heterocycles. The van der Waals surface area contributed by atoms with Crippen LogP contribution >= 0.6 is 0 Å². The largest absolute Gasteiger partial charge is 0.481 e. The first kappa shape index (κ1) is 27.6. The van der Waals surface area contributed by atoms with E-state index in [1.165, 1.54) is 18.2 Å². The van der Waals surface area contributed by atoms with E-state index in [4.69, 9.17) is 10.1 Å². The number of aliphatic carboxylic acids is 1. The summed E-state index contributed by atoms with van der Waals surface area (Å²) in [6.07, 6.45) is 1.81. The molecule has 0 spiro atoms. The summed E-state index contributed by atoms with van der Waals surface area (Å²) < 4.78 is 15.6. The third kappa shape index (κ3) is 7.13. The van der Waals surface area contributed by atoms with Crippen LogP contribution in [0.4, 0.5) is 16.0 Å².